The molecular weight excluding hydrogens is 366 g/mol. The SMILES string of the molecule is Cn1ncc2c1CCOC2CN1CCC(Cn2nc3c(cc2=O)CCCC3)CC1. The Labute approximate surface area is 171 Å². The zero-order chi connectivity index (χ0) is 19.8. The molecule has 29 heavy (non-hydrogen) atoms. The lowest BCUT2D eigenvalue weighted by molar-refractivity contribution is 0.00700. The molecule has 7 heteroatoms. The van der Waals surface area contributed by atoms with Gasteiger partial charge in [-0.05, 0) is 63.1 Å². The minimum atomic E-state index is 0.0767. The Balaban J connectivity index is 1.18. The topological polar surface area (TPSA) is 65.2 Å². The molecule has 1 saturated heterocycles. The van der Waals surface area contributed by atoms with Crippen molar-refractivity contribution in [2.45, 2.75) is 57.6 Å². The number of fused-ring (bicyclic) bond motifs is 2. The van der Waals surface area contributed by atoms with E-state index in [9.17, 15) is 4.79 Å². The Bertz CT molecular complexity index is 926. The van der Waals surface area contributed by atoms with E-state index in [0.717, 1.165) is 70.6 Å². The van der Waals surface area contributed by atoms with Crippen molar-refractivity contribution in [2.75, 3.05) is 26.2 Å². The van der Waals surface area contributed by atoms with Crippen molar-refractivity contribution in [3.8, 4) is 0 Å². The van der Waals surface area contributed by atoms with E-state index in [1.807, 2.05) is 24.0 Å². The van der Waals surface area contributed by atoms with Crippen LogP contribution in [0.3, 0.4) is 0 Å². The predicted octanol–water partition coefficient (Wildman–Crippen LogP) is 1.88. The van der Waals surface area contributed by atoms with Gasteiger partial charge in [-0.1, -0.05) is 0 Å². The normalized spacial score (nSPS) is 23.0. The van der Waals surface area contributed by atoms with Gasteiger partial charge in [0.1, 0.15) is 0 Å². The van der Waals surface area contributed by atoms with Crippen LogP contribution in [-0.2, 0) is 37.6 Å². The second kappa shape index (κ2) is 8.03. The molecule has 2 aliphatic heterocycles. The van der Waals surface area contributed by atoms with Gasteiger partial charge in [0.15, 0.2) is 0 Å². The first-order chi connectivity index (χ1) is 14.2. The molecule has 1 atom stereocenters. The molecule has 0 spiro atoms. The monoisotopic (exact) mass is 397 g/mol. The third-order valence-corrected chi connectivity index (χ3v) is 6.93. The first-order valence-electron chi connectivity index (χ1n) is 11.1. The Morgan fingerprint density at radius 3 is 2.83 bits per heavy atom. The van der Waals surface area contributed by atoms with Gasteiger partial charge in [0.25, 0.3) is 5.56 Å². The van der Waals surface area contributed by atoms with Gasteiger partial charge in [-0.25, -0.2) is 4.68 Å². The third kappa shape index (κ3) is 3.90. The zero-order valence-electron chi connectivity index (χ0n) is 17.3. The van der Waals surface area contributed by atoms with E-state index >= 15 is 0 Å². The van der Waals surface area contributed by atoms with E-state index in [-0.39, 0.29) is 11.7 Å². The molecule has 1 aliphatic carbocycles. The maximum absolute atomic E-state index is 12.5. The minimum Gasteiger partial charge on any atom is -0.372 e. The molecule has 0 aromatic carbocycles. The average Bonchev–Trinajstić information content (AvgIpc) is 3.12. The van der Waals surface area contributed by atoms with E-state index in [2.05, 4.69) is 10.00 Å². The number of ether oxygens (including phenoxy) is 1. The number of likely N-dealkylation sites (tertiary alicyclic amines) is 1. The highest BCUT2D eigenvalue weighted by Gasteiger charge is 2.28. The van der Waals surface area contributed by atoms with E-state index in [1.165, 1.54) is 29.7 Å². The van der Waals surface area contributed by atoms with Crippen LogP contribution in [0.4, 0.5) is 0 Å². The Hall–Kier alpha value is -1.99. The Morgan fingerprint density at radius 2 is 1.97 bits per heavy atom. The summed E-state index contributed by atoms with van der Waals surface area (Å²) in [5, 5.41) is 9.13. The summed E-state index contributed by atoms with van der Waals surface area (Å²) >= 11 is 0. The molecule has 2 aromatic rings. The van der Waals surface area contributed by atoms with Crippen LogP contribution in [0.5, 0.6) is 0 Å². The zero-order valence-corrected chi connectivity index (χ0v) is 17.3. The minimum absolute atomic E-state index is 0.0767. The summed E-state index contributed by atoms with van der Waals surface area (Å²) < 4.78 is 9.78. The van der Waals surface area contributed by atoms with Gasteiger partial charge >= 0.3 is 0 Å². The van der Waals surface area contributed by atoms with Crippen molar-refractivity contribution in [2.24, 2.45) is 13.0 Å². The van der Waals surface area contributed by atoms with Crippen LogP contribution in [-0.4, -0.2) is 50.7 Å². The molecular formula is C22H31N5O2. The maximum Gasteiger partial charge on any atom is 0.267 e. The third-order valence-electron chi connectivity index (χ3n) is 6.93. The lowest BCUT2D eigenvalue weighted by Crippen LogP contribution is -2.40. The fraction of sp³-hybridized carbons (Fsp3) is 0.682. The van der Waals surface area contributed by atoms with Crippen LogP contribution in [0.1, 0.15) is 54.3 Å². The van der Waals surface area contributed by atoms with Gasteiger partial charge in [-0.3, -0.25) is 9.48 Å². The summed E-state index contributed by atoms with van der Waals surface area (Å²) in [6, 6.07) is 1.84. The lowest BCUT2D eigenvalue weighted by atomic mass is 9.95. The van der Waals surface area contributed by atoms with Crippen molar-refractivity contribution in [3.05, 3.63) is 45.1 Å². The average molecular weight is 398 g/mol. The first kappa shape index (κ1) is 19.0. The first-order valence-corrected chi connectivity index (χ1v) is 11.1. The van der Waals surface area contributed by atoms with E-state index in [4.69, 9.17) is 9.84 Å². The largest absolute Gasteiger partial charge is 0.372 e. The van der Waals surface area contributed by atoms with Crippen LogP contribution < -0.4 is 5.56 Å². The summed E-state index contributed by atoms with van der Waals surface area (Å²) in [5.74, 6) is 0.527. The second-order valence-electron chi connectivity index (χ2n) is 8.87. The molecule has 4 heterocycles. The van der Waals surface area contributed by atoms with Crippen molar-refractivity contribution >= 4 is 0 Å². The summed E-state index contributed by atoms with van der Waals surface area (Å²) in [6.07, 6.45) is 9.68. The number of aromatic nitrogens is 4. The number of nitrogens with zero attached hydrogens (tertiary/aromatic N) is 5. The molecule has 0 bridgehead atoms. The molecule has 0 N–H and O–H groups in total. The highest BCUT2D eigenvalue weighted by Crippen LogP contribution is 2.29. The van der Waals surface area contributed by atoms with E-state index < -0.39 is 0 Å². The highest BCUT2D eigenvalue weighted by atomic mass is 16.5. The van der Waals surface area contributed by atoms with Gasteiger partial charge in [-0.15, -0.1) is 0 Å². The standard InChI is InChI=1S/C22H31N5O2/c1-25-20-8-11-29-21(18(20)13-23-25)15-26-9-6-16(7-10-26)14-27-22(28)12-17-4-2-3-5-19(17)24-27/h12-13,16,21H,2-11,14-15H2,1H3. The molecule has 0 radical (unpaired) electrons. The molecule has 0 saturated carbocycles. The van der Waals surface area contributed by atoms with Gasteiger partial charge in [0.05, 0.1) is 24.6 Å². The molecule has 2 aromatic heterocycles. The number of piperidine rings is 1. The maximum atomic E-state index is 12.5. The van der Waals surface area contributed by atoms with Crippen LogP contribution in [0.2, 0.25) is 0 Å². The Morgan fingerprint density at radius 1 is 1.14 bits per heavy atom. The summed E-state index contributed by atoms with van der Waals surface area (Å²) in [5.41, 5.74) is 4.97. The second-order valence-corrected chi connectivity index (χ2v) is 8.87. The number of aryl methyl sites for hydroxylation is 3. The fourth-order valence-corrected chi connectivity index (χ4v) is 5.16. The molecule has 1 fully saturated rings. The van der Waals surface area contributed by atoms with Crippen molar-refractivity contribution in [1.82, 2.24) is 24.5 Å². The molecule has 0 amide bonds. The van der Waals surface area contributed by atoms with E-state index in [1.54, 1.807) is 4.68 Å². The number of hydrogen-bond donors (Lipinski definition) is 0. The Kier molecular flexibility index (Phi) is 5.26. The summed E-state index contributed by atoms with van der Waals surface area (Å²) in [7, 11) is 2.02. The van der Waals surface area contributed by atoms with Crippen molar-refractivity contribution < 1.29 is 4.74 Å². The van der Waals surface area contributed by atoms with Gasteiger partial charge < -0.3 is 9.64 Å². The molecule has 156 valence electrons. The van der Waals surface area contributed by atoms with Crippen LogP contribution >= 0.6 is 0 Å². The summed E-state index contributed by atoms with van der Waals surface area (Å²) in [6.45, 7) is 4.58. The lowest BCUT2D eigenvalue weighted by Gasteiger charge is -2.35. The van der Waals surface area contributed by atoms with Gasteiger partial charge in [-0.2, -0.15) is 10.2 Å². The fourth-order valence-electron chi connectivity index (χ4n) is 5.16. The van der Waals surface area contributed by atoms with Crippen molar-refractivity contribution in [3.63, 3.8) is 0 Å². The molecule has 7 nitrogen and oxygen atoms in total. The van der Waals surface area contributed by atoms with E-state index in [0.29, 0.717) is 5.92 Å². The molecule has 1 unspecified atom stereocenters. The smallest absolute Gasteiger partial charge is 0.267 e. The van der Waals surface area contributed by atoms with Crippen LogP contribution in [0.15, 0.2) is 17.1 Å². The quantitative estimate of drug-likeness (QED) is 0.788. The number of rotatable bonds is 4. The van der Waals surface area contributed by atoms with Gasteiger partial charge in [0, 0.05) is 43.9 Å². The summed E-state index contributed by atoms with van der Waals surface area (Å²) in [4.78, 5) is 15.0. The van der Waals surface area contributed by atoms with Crippen LogP contribution in [0, 0.1) is 5.92 Å². The van der Waals surface area contributed by atoms with Gasteiger partial charge in [0.2, 0.25) is 0 Å². The molecule has 5 rings (SSSR count). The van der Waals surface area contributed by atoms with Crippen LogP contribution in [0.25, 0.3) is 0 Å². The van der Waals surface area contributed by atoms with Crippen molar-refractivity contribution in [1.29, 1.82) is 0 Å². The predicted molar refractivity (Wildman–Crippen MR) is 110 cm³/mol. The highest BCUT2D eigenvalue weighted by molar-refractivity contribution is 5.23. The number of hydrogen-bond acceptors (Lipinski definition) is 5. The molecule has 3 aliphatic rings.